The Kier molecular flexibility index (Phi) is 10.6. The van der Waals surface area contributed by atoms with Crippen LogP contribution in [0.3, 0.4) is 0 Å². The van der Waals surface area contributed by atoms with Crippen LogP contribution in [-0.4, -0.2) is 50.6 Å². The maximum absolute atomic E-state index is 2.42. The third kappa shape index (κ3) is 7.80. The van der Waals surface area contributed by atoms with Crippen LogP contribution in [0.1, 0.15) is 41.0 Å². The number of nitrogens with zero attached hydrogens (tertiary/aromatic N) is 2. The fraction of sp³-hybridized carbons (Fsp3) is 1.00. The second kappa shape index (κ2) is 9.17. The van der Waals surface area contributed by atoms with Gasteiger partial charge in [-0.25, -0.2) is 0 Å². The molecule has 1 atom stereocenters. The zero-order valence-electron chi connectivity index (χ0n) is 12.2. The molecular formula is C13H32N2. The van der Waals surface area contributed by atoms with Crippen molar-refractivity contribution in [2.24, 2.45) is 5.41 Å². The van der Waals surface area contributed by atoms with Crippen LogP contribution in [0.5, 0.6) is 0 Å². The van der Waals surface area contributed by atoms with Gasteiger partial charge in [0.15, 0.2) is 0 Å². The lowest BCUT2D eigenvalue weighted by atomic mass is 9.89. The molecule has 0 spiro atoms. The van der Waals surface area contributed by atoms with Gasteiger partial charge in [0.1, 0.15) is 0 Å². The predicted molar refractivity (Wildman–Crippen MR) is 71.5 cm³/mol. The molecule has 0 aromatic heterocycles. The Morgan fingerprint density at radius 3 is 1.87 bits per heavy atom. The summed E-state index contributed by atoms with van der Waals surface area (Å²) in [6.45, 7) is 14.1. The molecular weight excluding hydrogens is 184 g/mol. The van der Waals surface area contributed by atoms with E-state index in [2.05, 4.69) is 37.9 Å². The molecule has 0 aliphatic carbocycles. The Balaban J connectivity index is 0. The molecule has 0 aromatic carbocycles. The summed E-state index contributed by atoms with van der Waals surface area (Å²) < 4.78 is 0. The third-order valence-corrected chi connectivity index (χ3v) is 2.45. The first-order chi connectivity index (χ1) is 7.02. The first kappa shape index (κ1) is 17.3. The van der Waals surface area contributed by atoms with Gasteiger partial charge in [0.2, 0.25) is 0 Å². The normalized spacial score (nSPS) is 25.4. The minimum absolute atomic E-state index is 0.540. The van der Waals surface area contributed by atoms with Crippen LogP contribution in [0, 0.1) is 5.41 Å². The molecule has 1 heterocycles. The smallest absolute Gasteiger partial charge is 0.00450 e. The van der Waals surface area contributed by atoms with Gasteiger partial charge in [0, 0.05) is 13.1 Å². The summed E-state index contributed by atoms with van der Waals surface area (Å²) in [4.78, 5) is 4.71. The van der Waals surface area contributed by atoms with Gasteiger partial charge in [-0.15, -0.1) is 0 Å². The average molecular weight is 216 g/mol. The SMILES string of the molecule is CC.CC.CN(C)CC1(C)CCN(C)C1. The highest BCUT2D eigenvalue weighted by atomic mass is 15.2. The Morgan fingerprint density at radius 1 is 1.13 bits per heavy atom. The predicted octanol–water partition coefficient (Wildman–Crippen LogP) is 2.94. The van der Waals surface area contributed by atoms with E-state index < -0.39 is 0 Å². The highest BCUT2D eigenvalue weighted by Gasteiger charge is 2.31. The molecule has 0 bridgehead atoms. The van der Waals surface area contributed by atoms with E-state index in [4.69, 9.17) is 0 Å². The Morgan fingerprint density at radius 2 is 1.60 bits per heavy atom. The van der Waals surface area contributed by atoms with Gasteiger partial charge in [0.05, 0.1) is 0 Å². The molecule has 15 heavy (non-hydrogen) atoms. The first-order valence-corrected chi connectivity index (χ1v) is 6.35. The zero-order valence-corrected chi connectivity index (χ0v) is 12.2. The molecule has 0 saturated carbocycles. The molecule has 1 fully saturated rings. The third-order valence-electron chi connectivity index (χ3n) is 2.45. The van der Waals surface area contributed by atoms with Gasteiger partial charge in [0.25, 0.3) is 0 Å². The van der Waals surface area contributed by atoms with Crippen LogP contribution in [-0.2, 0) is 0 Å². The van der Waals surface area contributed by atoms with Crippen molar-refractivity contribution in [1.82, 2.24) is 9.80 Å². The number of hydrogen-bond acceptors (Lipinski definition) is 2. The summed E-state index contributed by atoms with van der Waals surface area (Å²) >= 11 is 0. The molecule has 1 aliphatic heterocycles. The Bertz CT molecular complexity index is 134. The Hall–Kier alpha value is -0.0800. The topological polar surface area (TPSA) is 6.48 Å². The maximum Gasteiger partial charge on any atom is 0.00450 e. The van der Waals surface area contributed by atoms with E-state index >= 15 is 0 Å². The van der Waals surface area contributed by atoms with Crippen molar-refractivity contribution < 1.29 is 0 Å². The van der Waals surface area contributed by atoms with Crippen molar-refractivity contribution in [3.63, 3.8) is 0 Å². The molecule has 1 rings (SSSR count). The van der Waals surface area contributed by atoms with E-state index in [-0.39, 0.29) is 0 Å². The molecule has 0 amide bonds. The second-order valence-corrected chi connectivity index (χ2v) is 4.54. The summed E-state index contributed by atoms with van der Waals surface area (Å²) in [5.74, 6) is 0. The molecule has 0 radical (unpaired) electrons. The highest BCUT2D eigenvalue weighted by Crippen LogP contribution is 2.28. The van der Waals surface area contributed by atoms with Gasteiger partial charge >= 0.3 is 0 Å². The highest BCUT2D eigenvalue weighted by molar-refractivity contribution is 4.86. The standard InChI is InChI=1S/C9H20N2.2C2H6/c1-9(7-10(2)3)5-6-11(4)8-9;2*1-2/h5-8H2,1-4H3;2*1-2H3. The number of likely N-dealkylation sites (tertiary alicyclic amines) is 1. The van der Waals surface area contributed by atoms with Crippen molar-refractivity contribution in [1.29, 1.82) is 0 Å². The molecule has 2 nitrogen and oxygen atoms in total. The minimum Gasteiger partial charge on any atom is -0.309 e. The van der Waals surface area contributed by atoms with Crippen LogP contribution in [0.4, 0.5) is 0 Å². The first-order valence-electron chi connectivity index (χ1n) is 6.35. The van der Waals surface area contributed by atoms with Crippen LogP contribution in [0.15, 0.2) is 0 Å². The van der Waals surface area contributed by atoms with E-state index in [1.54, 1.807) is 0 Å². The maximum atomic E-state index is 2.42. The lowest BCUT2D eigenvalue weighted by Crippen LogP contribution is -2.33. The van der Waals surface area contributed by atoms with Crippen LogP contribution in [0.2, 0.25) is 0 Å². The largest absolute Gasteiger partial charge is 0.309 e. The van der Waals surface area contributed by atoms with Gasteiger partial charge < -0.3 is 9.80 Å². The Labute approximate surface area is 97.6 Å². The van der Waals surface area contributed by atoms with Crippen LogP contribution >= 0.6 is 0 Å². The fourth-order valence-electron chi connectivity index (χ4n) is 2.16. The zero-order chi connectivity index (χ0) is 12.5. The van der Waals surface area contributed by atoms with Crippen molar-refractivity contribution in [2.45, 2.75) is 41.0 Å². The summed E-state index contributed by atoms with van der Waals surface area (Å²) in [5, 5.41) is 0. The molecule has 1 aliphatic rings. The fourth-order valence-corrected chi connectivity index (χ4v) is 2.16. The van der Waals surface area contributed by atoms with E-state index in [9.17, 15) is 0 Å². The van der Waals surface area contributed by atoms with Crippen molar-refractivity contribution in [3.05, 3.63) is 0 Å². The van der Waals surface area contributed by atoms with E-state index in [0.29, 0.717) is 5.41 Å². The lowest BCUT2D eigenvalue weighted by Gasteiger charge is -2.27. The van der Waals surface area contributed by atoms with Crippen molar-refractivity contribution in [2.75, 3.05) is 40.8 Å². The summed E-state index contributed by atoms with van der Waals surface area (Å²) in [6.07, 6.45) is 1.35. The summed E-state index contributed by atoms with van der Waals surface area (Å²) in [5.41, 5.74) is 0.540. The molecule has 1 saturated heterocycles. The van der Waals surface area contributed by atoms with Crippen LogP contribution < -0.4 is 0 Å². The molecule has 0 aromatic rings. The molecule has 1 unspecified atom stereocenters. The van der Waals surface area contributed by atoms with Crippen molar-refractivity contribution >= 4 is 0 Å². The lowest BCUT2D eigenvalue weighted by molar-refractivity contribution is 0.221. The number of rotatable bonds is 2. The van der Waals surface area contributed by atoms with Crippen LogP contribution in [0.25, 0.3) is 0 Å². The second-order valence-electron chi connectivity index (χ2n) is 4.54. The number of hydrogen-bond donors (Lipinski definition) is 0. The van der Waals surface area contributed by atoms with Gasteiger partial charge in [-0.3, -0.25) is 0 Å². The van der Waals surface area contributed by atoms with Gasteiger partial charge in [-0.05, 0) is 39.5 Å². The molecule has 0 N–H and O–H groups in total. The van der Waals surface area contributed by atoms with E-state index in [0.717, 1.165) is 0 Å². The van der Waals surface area contributed by atoms with Crippen molar-refractivity contribution in [3.8, 4) is 0 Å². The average Bonchev–Trinajstić information content (AvgIpc) is 2.51. The summed E-state index contributed by atoms with van der Waals surface area (Å²) in [6, 6.07) is 0. The molecule has 94 valence electrons. The van der Waals surface area contributed by atoms with E-state index in [1.165, 1.54) is 26.1 Å². The van der Waals surface area contributed by atoms with Gasteiger partial charge in [-0.2, -0.15) is 0 Å². The van der Waals surface area contributed by atoms with Gasteiger partial charge in [-0.1, -0.05) is 34.6 Å². The van der Waals surface area contributed by atoms with E-state index in [1.807, 2.05) is 27.7 Å². The molecule has 2 heteroatoms. The quantitative estimate of drug-likeness (QED) is 0.700. The monoisotopic (exact) mass is 216 g/mol. The summed E-state index contributed by atoms with van der Waals surface area (Å²) in [7, 11) is 6.52. The minimum atomic E-state index is 0.540.